The molecule has 0 spiro atoms. The van der Waals surface area contributed by atoms with E-state index >= 15 is 0 Å². The predicted octanol–water partition coefficient (Wildman–Crippen LogP) is 5.66. The molecule has 8 heteroatoms. The Bertz CT molecular complexity index is 1190. The lowest BCUT2D eigenvalue weighted by molar-refractivity contribution is -0.385. The van der Waals surface area contributed by atoms with E-state index in [0.29, 0.717) is 18.8 Å². The highest BCUT2D eigenvalue weighted by atomic mass is 16.6. The van der Waals surface area contributed by atoms with Gasteiger partial charge in [0.2, 0.25) is 5.75 Å². The van der Waals surface area contributed by atoms with Crippen molar-refractivity contribution in [2.45, 2.75) is 32.1 Å². The number of nitro groups is 1. The van der Waals surface area contributed by atoms with Crippen molar-refractivity contribution in [1.29, 1.82) is 0 Å². The summed E-state index contributed by atoms with van der Waals surface area (Å²) in [7, 11) is 4.45. The van der Waals surface area contributed by atoms with Crippen LogP contribution >= 0.6 is 0 Å². The number of hydrogen-bond acceptors (Lipinski definition) is 7. The van der Waals surface area contributed by atoms with Crippen molar-refractivity contribution in [2.75, 3.05) is 27.9 Å². The molecule has 0 aliphatic carbocycles. The third-order valence-electron chi connectivity index (χ3n) is 6.19. The Morgan fingerprint density at radius 1 is 0.861 bits per heavy atom. The van der Waals surface area contributed by atoms with Gasteiger partial charge in [0.25, 0.3) is 0 Å². The van der Waals surface area contributed by atoms with Crippen LogP contribution in [0.3, 0.4) is 0 Å². The molecule has 2 atom stereocenters. The fourth-order valence-electron chi connectivity index (χ4n) is 4.32. The third-order valence-corrected chi connectivity index (χ3v) is 6.19. The van der Waals surface area contributed by atoms with E-state index in [4.69, 9.17) is 18.9 Å². The summed E-state index contributed by atoms with van der Waals surface area (Å²) in [6.07, 6.45) is 0.468. The van der Waals surface area contributed by atoms with Crippen LogP contribution in [0.25, 0.3) is 0 Å². The minimum Gasteiger partial charge on any atom is -0.497 e. The monoisotopic (exact) mass is 493 g/mol. The lowest BCUT2D eigenvalue weighted by Crippen LogP contribution is -2.21. The molecule has 3 aromatic carbocycles. The molecule has 2 unspecified atom stereocenters. The Kier molecular flexibility index (Phi) is 8.89. The van der Waals surface area contributed by atoms with Gasteiger partial charge < -0.3 is 18.9 Å². The van der Waals surface area contributed by atoms with Crippen molar-refractivity contribution in [3.8, 4) is 17.2 Å². The van der Waals surface area contributed by atoms with Crippen LogP contribution in [-0.4, -0.2) is 38.8 Å². The number of hydrogen-bond donors (Lipinski definition) is 0. The van der Waals surface area contributed by atoms with Crippen molar-refractivity contribution in [3.05, 3.63) is 93.0 Å². The van der Waals surface area contributed by atoms with Gasteiger partial charge in [0.05, 0.1) is 38.8 Å². The van der Waals surface area contributed by atoms with Gasteiger partial charge in [-0.3, -0.25) is 14.9 Å². The van der Waals surface area contributed by atoms with E-state index in [1.807, 2.05) is 55.5 Å². The lowest BCUT2D eigenvalue weighted by atomic mass is 9.82. The summed E-state index contributed by atoms with van der Waals surface area (Å²) in [6.45, 7) is 4.10. The second-order valence-electron chi connectivity index (χ2n) is 8.28. The average Bonchev–Trinajstić information content (AvgIpc) is 2.89. The second-order valence-corrected chi connectivity index (χ2v) is 8.28. The molecule has 0 aromatic heterocycles. The highest BCUT2D eigenvalue weighted by molar-refractivity contribution is 5.79. The van der Waals surface area contributed by atoms with Crippen LogP contribution in [0.4, 0.5) is 5.69 Å². The molecular formula is C28H31NO7. The van der Waals surface area contributed by atoms with Gasteiger partial charge in [-0.25, -0.2) is 0 Å². The number of methoxy groups -OCH3 is 3. The molecule has 0 saturated carbocycles. The number of rotatable bonds is 11. The van der Waals surface area contributed by atoms with Gasteiger partial charge in [-0.1, -0.05) is 43.3 Å². The maximum Gasteiger partial charge on any atom is 0.314 e. The maximum atomic E-state index is 13.0. The van der Waals surface area contributed by atoms with E-state index in [-0.39, 0.29) is 23.3 Å². The number of benzene rings is 3. The van der Waals surface area contributed by atoms with Crippen molar-refractivity contribution < 1.29 is 28.7 Å². The Morgan fingerprint density at radius 2 is 1.47 bits per heavy atom. The van der Waals surface area contributed by atoms with E-state index in [9.17, 15) is 14.9 Å². The second kappa shape index (κ2) is 12.1. The molecule has 0 fully saturated rings. The molecule has 0 N–H and O–H groups in total. The first-order chi connectivity index (χ1) is 17.3. The normalized spacial score (nSPS) is 12.4. The van der Waals surface area contributed by atoms with Gasteiger partial charge in [0, 0.05) is 18.1 Å². The average molecular weight is 494 g/mol. The molecule has 0 aliphatic heterocycles. The predicted molar refractivity (Wildman–Crippen MR) is 136 cm³/mol. The standard InChI is InChI=1S/C28H31NO7/c1-6-36-28(30)25(18(2)20-11-14-23(33-3)15-12-20)21-9-7-19(8-10-21)17-22-13-16-24(29(31)32)27(35-5)26(22)34-4/h7-16,18,25H,6,17H2,1-5H3. The van der Waals surface area contributed by atoms with Gasteiger partial charge in [-0.2, -0.15) is 0 Å². The van der Waals surface area contributed by atoms with Crippen LogP contribution in [0.15, 0.2) is 60.7 Å². The largest absolute Gasteiger partial charge is 0.497 e. The molecule has 0 bridgehead atoms. The fourth-order valence-corrected chi connectivity index (χ4v) is 4.32. The van der Waals surface area contributed by atoms with Crippen LogP contribution < -0.4 is 14.2 Å². The van der Waals surface area contributed by atoms with Crippen LogP contribution in [-0.2, 0) is 16.0 Å². The number of nitrogens with zero attached hydrogens (tertiary/aromatic N) is 1. The number of carbonyl (C=O) groups is 1. The first-order valence-corrected chi connectivity index (χ1v) is 11.6. The molecule has 0 amide bonds. The van der Waals surface area contributed by atoms with Crippen molar-refractivity contribution >= 4 is 11.7 Å². The molecule has 0 radical (unpaired) electrons. The maximum absolute atomic E-state index is 13.0. The van der Waals surface area contributed by atoms with Crippen LogP contribution in [0.5, 0.6) is 17.2 Å². The minimum atomic E-state index is -0.501. The molecule has 36 heavy (non-hydrogen) atoms. The van der Waals surface area contributed by atoms with E-state index in [2.05, 4.69) is 0 Å². The summed E-state index contributed by atoms with van der Waals surface area (Å²) in [5.41, 5.74) is 3.39. The van der Waals surface area contributed by atoms with Crippen LogP contribution in [0.2, 0.25) is 0 Å². The molecule has 0 heterocycles. The summed E-state index contributed by atoms with van der Waals surface area (Å²) in [5.74, 6) is 0.276. The molecule has 190 valence electrons. The smallest absolute Gasteiger partial charge is 0.314 e. The minimum absolute atomic E-state index is 0.0901. The van der Waals surface area contributed by atoms with E-state index in [1.54, 1.807) is 20.1 Å². The summed E-state index contributed by atoms with van der Waals surface area (Å²) < 4.78 is 21.4. The number of nitro benzene ring substituents is 1. The zero-order valence-corrected chi connectivity index (χ0v) is 21.1. The number of esters is 1. The van der Waals surface area contributed by atoms with Crippen LogP contribution in [0, 0.1) is 10.1 Å². The summed E-state index contributed by atoms with van der Waals surface area (Å²) in [4.78, 5) is 23.8. The molecule has 0 aliphatic rings. The van der Waals surface area contributed by atoms with Gasteiger partial charge in [0.1, 0.15) is 5.75 Å². The first kappa shape index (κ1) is 26.5. The molecule has 8 nitrogen and oxygen atoms in total. The lowest BCUT2D eigenvalue weighted by Gasteiger charge is -2.23. The van der Waals surface area contributed by atoms with E-state index in [1.165, 1.54) is 20.3 Å². The van der Waals surface area contributed by atoms with Gasteiger partial charge in [-0.05, 0) is 47.7 Å². The Balaban J connectivity index is 1.91. The van der Waals surface area contributed by atoms with Crippen molar-refractivity contribution in [2.24, 2.45) is 0 Å². The molecular weight excluding hydrogens is 462 g/mol. The molecule has 3 rings (SSSR count). The fraction of sp³-hybridized carbons (Fsp3) is 0.321. The molecule has 0 saturated heterocycles. The first-order valence-electron chi connectivity index (χ1n) is 11.6. The third kappa shape index (κ3) is 5.76. The Hall–Kier alpha value is -4.07. The quantitative estimate of drug-likeness (QED) is 0.193. The summed E-state index contributed by atoms with van der Waals surface area (Å²) in [6, 6.07) is 18.5. The highest BCUT2D eigenvalue weighted by Gasteiger charge is 2.29. The van der Waals surface area contributed by atoms with E-state index < -0.39 is 10.8 Å². The van der Waals surface area contributed by atoms with Crippen molar-refractivity contribution in [1.82, 2.24) is 0 Å². The van der Waals surface area contributed by atoms with Gasteiger partial charge >= 0.3 is 11.7 Å². The van der Waals surface area contributed by atoms with Gasteiger partial charge in [0.15, 0.2) is 5.75 Å². The Morgan fingerprint density at radius 3 is 2.00 bits per heavy atom. The Labute approximate surface area is 210 Å². The summed E-state index contributed by atoms with van der Waals surface area (Å²) in [5, 5.41) is 11.3. The van der Waals surface area contributed by atoms with E-state index in [0.717, 1.165) is 28.0 Å². The molecule has 3 aromatic rings. The summed E-state index contributed by atoms with van der Waals surface area (Å²) >= 11 is 0. The number of ether oxygens (including phenoxy) is 4. The number of carbonyl (C=O) groups excluding carboxylic acids is 1. The van der Waals surface area contributed by atoms with Crippen molar-refractivity contribution in [3.63, 3.8) is 0 Å². The SMILES string of the molecule is CCOC(=O)C(c1ccc(Cc2ccc([N+](=O)[O-])c(OC)c2OC)cc1)C(C)c1ccc(OC)cc1. The van der Waals surface area contributed by atoms with Gasteiger partial charge in [-0.15, -0.1) is 0 Å². The topological polar surface area (TPSA) is 97.1 Å². The highest BCUT2D eigenvalue weighted by Crippen LogP contribution is 2.40. The zero-order valence-electron chi connectivity index (χ0n) is 21.1. The van der Waals surface area contributed by atoms with Crippen LogP contribution in [0.1, 0.15) is 47.9 Å². The zero-order chi connectivity index (χ0) is 26.2.